The average Bonchev–Trinajstić information content (AvgIpc) is 2.36. The second-order valence-electron chi connectivity index (χ2n) is 6.06. The first-order valence-corrected chi connectivity index (χ1v) is 7.04. The molecular formula is C15H23N5O. The molecule has 0 atom stereocenters. The van der Waals surface area contributed by atoms with Gasteiger partial charge in [0.2, 0.25) is 5.91 Å². The largest absolute Gasteiger partial charge is 0.398 e. The molecule has 21 heavy (non-hydrogen) atoms. The lowest BCUT2D eigenvalue weighted by Gasteiger charge is -2.41. The molecule has 0 unspecified atom stereocenters. The molecule has 6 nitrogen and oxygen atoms in total. The first kappa shape index (κ1) is 15.3. The summed E-state index contributed by atoms with van der Waals surface area (Å²) in [7, 11) is 0. The van der Waals surface area contributed by atoms with E-state index in [4.69, 9.17) is 11.1 Å². The Hall–Kier alpha value is -2.08. The van der Waals surface area contributed by atoms with Gasteiger partial charge in [-0.2, -0.15) is 0 Å². The highest BCUT2D eigenvalue weighted by molar-refractivity contribution is 5.97. The highest BCUT2D eigenvalue weighted by Gasteiger charge is 2.27. The molecule has 0 saturated carbocycles. The molecule has 0 radical (unpaired) electrons. The lowest BCUT2D eigenvalue weighted by molar-refractivity contribution is -0.114. The molecular weight excluding hydrogens is 266 g/mol. The van der Waals surface area contributed by atoms with Gasteiger partial charge in [0.05, 0.1) is 0 Å². The number of carbonyl (C=O) groups is 1. The van der Waals surface area contributed by atoms with Gasteiger partial charge in [-0.05, 0) is 26.0 Å². The Labute approximate surface area is 125 Å². The molecule has 1 aromatic carbocycles. The van der Waals surface area contributed by atoms with E-state index in [1.54, 1.807) is 6.07 Å². The number of nitrogen functional groups attached to an aromatic ring is 1. The van der Waals surface area contributed by atoms with Crippen LogP contribution in [-0.2, 0) is 4.79 Å². The topological polar surface area (TPSA) is 94.2 Å². The van der Waals surface area contributed by atoms with Crippen molar-refractivity contribution in [1.82, 2.24) is 5.32 Å². The maximum absolute atomic E-state index is 11.2. The number of benzene rings is 1. The molecule has 1 heterocycles. The van der Waals surface area contributed by atoms with Gasteiger partial charge in [0.15, 0.2) is 0 Å². The van der Waals surface area contributed by atoms with E-state index in [1.165, 1.54) is 13.1 Å². The molecule has 1 saturated heterocycles. The molecule has 1 fully saturated rings. The molecule has 114 valence electrons. The zero-order chi connectivity index (χ0) is 15.6. The van der Waals surface area contributed by atoms with Crippen molar-refractivity contribution in [3.8, 4) is 0 Å². The number of nitrogens with two attached hydrogens (primary N) is 1. The van der Waals surface area contributed by atoms with Crippen molar-refractivity contribution >= 4 is 29.2 Å². The van der Waals surface area contributed by atoms with E-state index < -0.39 is 0 Å². The van der Waals surface area contributed by atoms with Gasteiger partial charge in [-0.1, -0.05) is 0 Å². The molecule has 1 amide bonds. The van der Waals surface area contributed by atoms with Crippen molar-refractivity contribution in [2.45, 2.75) is 26.3 Å². The number of rotatable bonds is 3. The average molecular weight is 289 g/mol. The minimum atomic E-state index is -0.136. The number of hydrogen-bond acceptors (Lipinski definition) is 5. The third kappa shape index (κ3) is 3.52. The van der Waals surface area contributed by atoms with Crippen LogP contribution in [0.2, 0.25) is 0 Å². The number of piperazine rings is 1. The number of amides is 1. The van der Waals surface area contributed by atoms with Gasteiger partial charge in [0.25, 0.3) is 0 Å². The summed E-state index contributed by atoms with van der Waals surface area (Å²) in [5.74, 6) is -0.136. The minimum Gasteiger partial charge on any atom is -0.398 e. The minimum absolute atomic E-state index is 0.00365. The lowest BCUT2D eigenvalue weighted by atomic mass is 10.00. The normalized spacial score (nSPS) is 17.4. The summed E-state index contributed by atoms with van der Waals surface area (Å²) in [4.78, 5) is 13.5. The fourth-order valence-electron chi connectivity index (χ4n) is 2.70. The van der Waals surface area contributed by atoms with E-state index in [2.05, 4.69) is 29.4 Å². The van der Waals surface area contributed by atoms with Crippen molar-refractivity contribution in [2.24, 2.45) is 0 Å². The molecule has 0 aromatic heterocycles. The highest BCUT2D eigenvalue weighted by Crippen LogP contribution is 2.31. The van der Waals surface area contributed by atoms with E-state index in [9.17, 15) is 4.79 Å². The van der Waals surface area contributed by atoms with Gasteiger partial charge in [-0.3, -0.25) is 4.79 Å². The van der Waals surface area contributed by atoms with Crippen molar-refractivity contribution in [3.05, 3.63) is 17.7 Å². The standard InChI is InChI=1S/C15H23N5O/c1-10(21)19-11-6-13(17)12(8-16)14(7-11)20-5-4-18-15(2,3)9-20/h6-8,16,18H,4-5,9,17H2,1-3H3,(H,19,21). The van der Waals surface area contributed by atoms with Crippen LogP contribution in [0.3, 0.4) is 0 Å². The van der Waals surface area contributed by atoms with E-state index in [-0.39, 0.29) is 11.4 Å². The SMILES string of the molecule is CC(=O)Nc1cc(N)c(C=N)c(N2CCNC(C)(C)C2)c1. The van der Waals surface area contributed by atoms with Crippen LogP contribution in [0, 0.1) is 5.41 Å². The fourth-order valence-corrected chi connectivity index (χ4v) is 2.70. The van der Waals surface area contributed by atoms with E-state index in [0.717, 1.165) is 25.3 Å². The van der Waals surface area contributed by atoms with Gasteiger partial charge in [-0.15, -0.1) is 0 Å². The van der Waals surface area contributed by atoms with Crippen LogP contribution in [0.1, 0.15) is 26.3 Å². The van der Waals surface area contributed by atoms with Crippen molar-refractivity contribution in [2.75, 3.05) is 35.6 Å². The number of hydrogen-bond donors (Lipinski definition) is 4. The molecule has 0 bridgehead atoms. The Morgan fingerprint density at radius 3 is 2.81 bits per heavy atom. The van der Waals surface area contributed by atoms with Crippen molar-refractivity contribution < 1.29 is 4.79 Å². The summed E-state index contributed by atoms with van der Waals surface area (Å²) in [6, 6.07) is 3.58. The van der Waals surface area contributed by atoms with Gasteiger partial charge in [-0.25, -0.2) is 0 Å². The number of carbonyl (C=O) groups excluding carboxylic acids is 1. The predicted octanol–water partition coefficient (Wildman–Crippen LogP) is 1.41. The monoisotopic (exact) mass is 289 g/mol. The van der Waals surface area contributed by atoms with Crippen LogP contribution < -0.4 is 21.3 Å². The Bertz CT molecular complexity index is 567. The van der Waals surface area contributed by atoms with Crippen LogP contribution in [-0.4, -0.2) is 37.3 Å². The number of anilines is 3. The molecule has 6 heteroatoms. The maximum Gasteiger partial charge on any atom is 0.221 e. The van der Waals surface area contributed by atoms with Crippen LogP contribution in [0.4, 0.5) is 17.1 Å². The van der Waals surface area contributed by atoms with Gasteiger partial charge < -0.3 is 26.7 Å². The molecule has 1 aliphatic rings. The highest BCUT2D eigenvalue weighted by atomic mass is 16.1. The summed E-state index contributed by atoms with van der Waals surface area (Å²) >= 11 is 0. The molecule has 2 rings (SSSR count). The van der Waals surface area contributed by atoms with Crippen LogP contribution in [0.25, 0.3) is 0 Å². The van der Waals surface area contributed by atoms with Gasteiger partial charge >= 0.3 is 0 Å². The molecule has 5 N–H and O–H groups in total. The summed E-state index contributed by atoms with van der Waals surface area (Å²) in [6.45, 7) is 8.28. The second-order valence-corrected chi connectivity index (χ2v) is 6.06. The zero-order valence-electron chi connectivity index (χ0n) is 12.8. The van der Waals surface area contributed by atoms with Crippen LogP contribution in [0.15, 0.2) is 12.1 Å². The molecule has 0 spiro atoms. The summed E-state index contributed by atoms with van der Waals surface area (Å²) in [5, 5.41) is 13.8. The Morgan fingerprint density at radius 1 is 1.52 bits per heavy atom. The summed E-state index contributed by atoms with van der Waals surface area (Å²) in [5.41, 5.74) is 8.79. The molecule has 1 aromatic rings. The van der Waals surface area contributed by atoms with Gasteiger partial charge in [0.1, 0.15) is 0 Å². The van der Waals surface area contributed by atoms with Crippen molar-refractivity contribution in [3.63, 3.8) is 0 Å². The molecule has 0 aliphatic carbocycles. The third-order valence-corrected chi connectivity index (χ3v) is 3.57. The zero-order valence-corrected chi connectivity index (χ0v) is 12.8. The Balaban J connectivity index is 2.42. The second kappa shape index (κ2) is 5.73. The first-order chi connectivity index (χ1) is 9.82. The summed E-state index contributed by atoms with van der Waals surface area (Å²) < 4.78 is 0. The number of nitrogens with one attached hydrogen (secondary N) is 3. The van der Waals surface area contributed by atoms with E-state index >= 15 is 0 Å². The predicted molar refractivity (Wildman–Crippen MR) is 87.3 cm³/mol. The third-order valence-electron chi connectivity index (χ3n) is 3.57. The smallest absolute Gasteiger partial charge is 0.221 e. The maximum atomic E-state index is 11.2. The van der Waals surface area contributed by atoms with Crippen molar-refractivity contribution in [1.29, 1.82) is 5.41 Å². The van der Waals surface area contributed by atoms with E-state index in [0.29, 0.717) is 16.9 Å². The fraction of sp³-hybridized carbons (Fsp3) is 0.467. The van der Waals surface area contributed by atoms with E-state index in [1.807, 2.05) is 6.07 Å². The molecule has 1 aliphatic heterocycles. The Morgan fingerprint density at radius 2 is 2.24 bits per heavy atom. The number of nitrogens with zero attached hydrogens (tertiary/aromatic N) is 1. The summed E-state index contributed by atoms with van der Waals surface area (Å²) in [6.07, 6.45) is 1.28. The quantitative estimate of drug-likeness (QED) is 0.500. The first-order valence-electron chi connectivity index (χ1n) is 7.04. The van der Waals surface area contributed by atoms with Crippen LogP contribution >= 0.6 is 0 Å². The Kier molecular flexibility index (Phi) is 4.18. The lowest BCUT2D eigenvalue weighted by Crippen LogP contribution is -2.57. The van der Waals surface area contributed by atoms with Crippen LogP contribution in [0.5, 0.6) is 0 Å². The van der Waals surface area contributed by atoms with Gasteiger partial charge in [0, 0.05) is 60.9 Å².